The van der Waals surface area contributed by atoms with Crippen LogP contribution >= 0.6 is 11.6 Å². The van der Waals surface area contributed by atoms with Gasteiger partial charge in [0, 0.05) is 25.2 Å². The fourth-order valence-corrected chi connectivity index (χ4v) is 1.92. The number of carbonyl (C=O) groups excluding carboxylic acids is 1. The number of hydrogen-bond acceptors (Lipinski definition) is 4. The summed E-state index contributed by atoms with van der Waals surface area (Å²) in [5.41, 5.74) is 6.01. The molecule has 1 aromatic carbocycles. The van der Waals surface area contributed by atoms with Crippen molar-refractivity contribution in [2.24, 2.45) is 5.73 Å². The van der Waals surface area contributed by atoms with Crippen LogP contribution in [-0.2, 0) is 0 Å². The Bertz CT molecular complexity index is 479. The minimum atomic E-state index is -0.145. The van der Waals surface area contributed by atoms with Gasteiger partial charge in [-0.2, -0.15) is 0 Å². The average Bonchev–Trinajstić information content (AvgIpc) is 2.84. The fourth-order valence-electron chi connectivity index (χ4n) is 1.65. The molecule has 2 N–H and O–H groups in total. The first-order chi connectivity index (χ1) is 8.54. The molecule has 0 bridgehead atoms. The van der Waals surface area contributed by atoms with Gasteiger partial charge >= 0.3 is 0 Å². The van der Waals surface area contributed by atoms with Crippen molar-refractivity contribution in [3.63, 3.8) is 0 Å². The quantitative estimate of drug-likeness (QED) is 0.904. The Labute approximate surface area is 110 Å². The highest BCUT2D eigenvalue weighted by molar-refractivity contribution is 6.32. The van der Waals surface area contributed by atoms with Crippen LogP contribution in [0.25, 0.3) is 0 Å². The van der Waals surface area contributed by atoms with Crippen LogP contribution in [0.1, 0.15) is 17.3 Å². The number of nitrogens with zero attached hydrogens (tertiary/aromatic N) is 1. The van der Waals surface area contributed by atoms with Gasteiger partial charge in [-0.3, -0.25) is 4.79 Å². The van der Waals surface area contributed by atoms with Gasteiger partial charge in [0.05, 0.1) is 5.02 Å². The Kier molecular flexibility index (Phi) is 3.63. The Morgan fingerprint density at radius 2 is 2.28 bits per heavy atom. The van der Waals surface area contributed by atoms with Crippen LogP contribution in [0.2, 0.25) is 5.02 Å². The summed E-state index contributed by atoms with van der Waals surface area (Å²) in [6.45, 7) is 2.41. The van der Waals surface area contributed by atoms with Gasteiger partial charge in [0.1, 0.15) is 0 Å². The third-order valence-corrected chi connectivity index (χ3v) is 3.28. The fraction of sp³-hybridized carbons (Fsp3) is 0.417. The first kappa shape index (κ1) is 13.0. The molecule has 0 aliphatic carbocycles. The maximum Gasteiger partial charge on any atom is 0.254 e. The standard InChI is InChI=1S/C12H15ClN2O3/c1-7(5-14)15(2)12(16)8-3-9(13)11-10(4-8)17-6-18-11/h3-4,7H,5-6,14H2,1-2H3. The molecule has 0 saturated heterocycles. The van der Waals surface area contributed by atoms with E-state index in [0.29, 0.717) is 28.6 Å². The van der Waals surface area contributed by atoms with Crippen LogP contribution in [0.15, 0.2) is 12.1 Å². The molecule has 1 aliphatic heterocycles. The van der Waals surface area contributed by atoms with E-state index in [4.69, 9.17) is 26.8 Å². The van der Waals surface area contributed by atoms with Gasteiger partial charge in [-0.05, 0) is 19.1 Å². The minimum Gasteiger partial charge on any atom is -0.454 e. The van der Waals surface area contributed by atoms with Crippen molar-refractivity contribution >= 4 is 17.5 Å². The summed E-state index contributed by atoms with van der Waals surface area (Å²) in [4.78, 5) is 13.8. The Morgan fingerprint density at radius 1 is 1.56 bits per heavy atom. The molecule has 1 heterocycles. The molecule has 1 atom stereocenters. The third kappa shape index (κ3) is 2.23. The van der Waals surface area contributed by atoms with E-state index in [-0.39, 0.29) is 18.7 Å². The zero-order valence-electron chi connectivity index (χ0n) is 10.3. The maximum atomic E-state index is 12.2. The lowest BCUT2D eigenvalue weighted by molar-refractivity contribution is 0.0748. The molecule has 6 heteroatoms. The van der Waals surface area contributed by atoms with Gasteiger partial charge in [-0.1, -0.05) is 11.6 Å². The van der Waals surface area contributed by atoms with Gasteiger partial charge in [0.15, 0.2) is 11.5 Å². The summed E-state index contributed by atoms with van der Waals surface area (Å²) in [5.74, 6) is 0.843. The van der Waals surface area contributed by atoms with Crippen molar-refractivity contribution in [3.8, 4) is 11.5 Å². The van der Waals surface area contributed by atoms with Crippen LogP contribution in [0.4, 0.5) is 0 Å². The molecule has 1 amide bonds. The van der Waals surface area contributed by atoms with Gasteiger partial charge in [0.2, 0.25) is 6.79 Å². The summed E-state index contributed by atoms with van der Waals surface area (Å²) in [5, 5.41) is 0.377. The lowest BCUT2D eigenvalue weighted by Crippen LogP contribution is -2.39. The lowest BCUT2D eigenvalue weighted by atomic mass is 10.1. The van der Waals surface area contributed by atoms with Crippen LogP contribution in [0.5, 0.6) is 11.5 Å². The molecule has 5 nitrogen and oxygen atoms in total. The second-order valence-electron chi connectivity index (χ2n) is 4.19. The highest BCUT2D eigenvalue weighted by Gasteiger charge is 2.23. The zero-order valence-corrected chi connectivity index (χ0v) is 11.0. The molecule has 18 heavy (non-hydrogen) atoms. The van der Waals surface area contributed by atoms with Crippen molar-refractivity contribution in [2.45, 2.75) is 13.0 Å². The van der Waals surface area contributed by atoms with Gasteiger partial charge in [-0.15, -0.1) is 0 Å². The van der Waals surface area contributed by atoms with E-state index in [1.54, 1.807) is 24.1 Å². The van der Waals surface area contributed by atoms with E-state index in [1.165, 1.54) is 0 Å². The molecule has 1 unspecified atom stereocenters. The number of benzene rings is 1. The SMILES string of the molecule is CC(CN)N(C)C(=O)c1cc(Cl)c2c(c1)OCO2. The lowest BCUT2D eigenvalue weighted by Gasteiger charge is -2.23. The largest absolute Gasteiger partial charge is 0.454 e. The van der Waals surface area contributed by atoms with Crippen LogP contribution in [-0.4, -0.2) is 37.2 Å². The number of likely N-dealkylation sites (N-methyl/N-ethyl adjacent to an activating group) is 1. The molecule has 0 saturated carbocycles. The third-order valence-electron chi connectivity index (χ3n) is 3.00. The summed E-state index contributed by atoms with van der Waals surface area (Å²) >= 11 is 6.04. The summed E-state index contributed by atoms with van der Waals surface area (Å²) in [7, 11) is 1.71. The summed E-state index contributed by atoms with van der Waals surface area (Å²) in [6.07, 6.45) is 0. The van der Waals surface area contributed by atoms with E-state index in [1.807, 2.05) is 6.92 Å². The number of halogens is 1. The molecule has 98 valence electrons. The van der Waals surface area contributed by atoms with Crippen molar-refractivity contribution in [1.29, 1.82) is 0 Å². The Morgan fingerprint density at radius 3 is 2.94 bits per heavy atom. The van der Waals surface area contributed by atoms with Crippen LogP contribution in [0, 0.1) is 0 Å². The van der Waals surface area contributed by atoms with E-state index in [0.717, 1.165) is 0 Å². The highest BCUT2D eigenvalue weighted by Crippen LogP contribution is 2.39. The maximum absolute atomic E-state index is 12.2. The van der Waals surface area contributed by atoms with E-state index in [9.17, 15) is 4.79 Å². The molecule has 0 spiro atoms. The number of ether oxygens (including phenoxy) is 2. The van der Waals surface area contributed by atoms with E-state index >= 15 is 0 Å². The number of carbonyl (C=O) groups is 1. The van der Waals surface area contributed by atoms with E-state index in [2.05, 4.69) is 0 Å². The molecule has 0 aromatic heterocycles. The molecule has 1 aromatic rings. The van der Waals surface area contributed by atoms with Gasteiger partial charge in [0.25, 0.3) is 5.91 Å². The van der Waals surface area contributed by atoms with Gasteiger partial charge < -0.3 is 20.1 Å². The summed E-state index contributed by atoms with van der Waals surface area (Å²) < 4.78 is 10.4. The van der Waals surface area contributed by atoms with Crippen LogP contribution in [0.3, 0.4) is 0 Å². The first-order valence-electron chi connectivity index (χ1n) is 5.61. The highest BCUT2D eigenvalue weighted by atomic mass is 35.5. The monoisotopic (exact) mass is 270 g/mol. The number of amides is 1. The number of fused-ring (bicyclic) bond motifs is 1. The van der Waals surface area contributed by atoms with Gasteiger partial charge in [-0.25, -0.2) is 0 Å². The molecular weight excluding hydrogens is 256 g/mol. The molecule has 0 fully saturated rings. The predicted molar refractivity (Wildman–Crippen MR) is 68.2 cm³/mol. The second kappa shape index (κ2) is 5.04. The first-order valence-corrected chi connectivity index (χ1v) is 5.98. The second-order valence-corrected chi connectivity index (χ2v) is 4.60. The van der Waals surface area contributed by atoms with Crippen molar-refractivity contribution < 1.29 is 14.3 Å². The predicted octanol–water partition coefficient (Wildman–Crippen LogP) is 1.49. The topological polar surface area (TPSA) is 64.8 Å². The van der Waals surface area contributed by atoms with Crippen molar-refractivity contribution in [2.75, 3.05) is 20.4 Å². The van der Waals surface area contributed by atoms with Crippen molar-refractivity contribution in [3.05, 3.63) is 22.7 Å². The molecular formula is C12H15ClN2O3. The number of rotatable bonds is 3. The number of hydrogen-bond donors (Lipinski definition) is 1. The molecule has 1 aliphatic rings. The van der Waals surface area contributed by atoms with Crippen molar-refractivity contribution in [1.82, 2.24) is 4.90 Å². The Balaban J connectivity index is 2.29. The summed E-state index contributed by atoms with van der Waals surface area (Å²) in [6, 6.07) is 3.18. The smallest absolute Gasteiger partial charge is 0.254 e. The minimum absolute atomic E-state index is 0.0401. The Hall–Kier alpha value is -1.46. The average molecular weight is 271 g/mol. The normalized spacial score (nSPS) is 14.4. The zero-order chi connectivity index (χ0) is 13.3. The van der Waals surface area contributed by atoms with Crippen LogP contribution < -0.4 is 15.2 Å². The number of nitrogens with two attached hydrogens (primary N) is 1. The molecule has 0 radical (unpaired) electrons. The van der Waals surface area contributed by atoms with E-state index < -0.39 is 0 Å². The molecule has 2 rings (SSSR count).